The Morgan fingerprint density at radius 2 is 1.68 bits per heavy atom. The Labute approximate surface area is 194 Å². The van der Waals surface area contributed by atoms with Crippen LogP contribution in [0.1, 0.15) is 43.6 Å². The van der Waals surface area contributed by atoms with Crippen molar-refractivity contribution in [1.82, 2.24) is 15.5 Å². The van der Waals surface area contributed by atoms with Crippen LogP contribution in [0.3, 0.4) is 0 Å². The molecule has 2 amide bonds. The van der Waals surface area contributed by atoms with Gasteiger partial charge >= 0.3 is 5.97 Å². The van der Waals surface area contributed by atoms with Crippen molar-refractivity contribution in [3.05, 3.63) is 34.9 Å². The zero-order valence-corrected chi connectivity index (χ0v) is 19.1. The van der Waals surface area contributed by atoms with E-state index in [1.807, 2.05) is 12.1 Å². The SMILES string of the molecule is Cl.O=C(O)C1CCN(C(=O)C[C@@H](CNC(=O)C2CCNCC2)c2ccc(Cl)cc2)CC1. The number of nitrogens with one attached hydrogen (secondary N) is 2. The fourth-order valence-electron chi connectivity index (χ4n) is 4.21. The summed E-state index contributed by atoms with van der Waals surface area (Å²) in [5.74, 6) is -1.26. The number of piperidine rings is 2. The second-order valence-corrected chi connectivity index (χ2v) is 8.65. The summed E-state index contributed by atoms with van der Waals surface area (Å²) >= 11 is 6.01. The van der Waals surface area contributed by atoms with Gasteiger partial charge in [0.25, 0.3) is 0 Å². The second-order valence-electron chi connectivity index (χ2n) is 8.22. The van der Waals surface area contributed by atoms with E-state index in [9.17, 15) is 14.4 Å². The molecule has 2 saturated heterocycles. The van der Waals surface area contributed by atoms with Crippen LogP contribution in [0.5, 0.6) is 0 Å². The van der Waals surface area contributed by atoms with E-state index in [0.717, 1.165) is 31.5 Å². The zero-order chi connectivity index (χ0) is 21.5. The molecule has 0 saturated carbocycles. The molecule has 0 spiro atoms. The summed E-state index contributed by atoms with van der Waals surface area (Å²) < 4.78 is 0. The average Bonchev–Trinajstić information content (AvgIpc) is 2.77. The van der Waals surface area contributed by atoms with Crippen molar-refractivity contribution in [1.29, 1.82) is 0 Å². The topological polar surface area (TPSA) is 98.7 Å². The monoisotopic (exact) mass is 471 g/mol. The van der Waals surface area contributed by atoms with Gasteiger partial charge in [-0.15, -0.1) is 12.4 Å². The highest BCUT2D eigenvalue weighted by Crippen LogP contribution is 2.25. The Balaban J connectivity index is 0.00000341. The molecule has 0 aromatic heterocycles. The van der Waals surface area contributed by atoms with E-state index >= 15 is 0 Å². The minimum Gasteiger partial charge on any atom is -0.481 e. The third kappa shape index (κ3) is 7.37. The largest absolute Gasteiger partial charge is 0.481 e. The maximum atomic E-state index is 12.9. The Hall–Kier alpha value is -1.83. The van der Waals surface area contributed by atoms with Crippen molar-refractivity contribution in [2.45, 2.75) is 38.0 Å². The molecule has 9 heteroatoms. The lowest BCUT2D eigenvalue weighted by Gasteiger charge is -2.31. The maximum Gasteiger partial charge on any atom is 0.306 e. The van der Waals surface area contributed by atoms with Crippen LogP contribution in [0.25, 0.3) is 0 Å². The molecular weight excluding hydrogens is 441 g/mol. The van der Waals surface area contributed by atoms with E-state index in [1.165, 1.54) is 0 Å². The highest BCUT2D eigenvalue weighted by atomic mass is 35.5. The summed E-state index contributed by atoms with van der Waals surface area (Å²) in [6.07, 6.45) is 2.90. The van der Waals surface area contributed by atoms with Crippen molar-refractivity contribution in [2.75, 3.05) is 32.7 Å². The molecule has 0 bridgehead atoms. The van der Waals surface area contributed by atoms with Gasteiger partial charge in [-0.05, 0) is 56.5 Å². The molecule has 3 rings (SSSR count). The van der Waals surface area contributed by atoms with Gasteiger partial charge in [-0.1, -0.05) is 23.7 Å². The Kier molecular flexibility index (Phi) is 10.1. The van der Waals surface area contributed by atoms with Crippen LogP contribution < -0.4 is 10.6 Å². The van der Waals surface area contributed by atoms with Crippen molar-refractivity contribution in [2.24, 2.45) is 11.8 Å². The van der Waals surface area contributed by atoms with Gasteiger partial charge in [0.15, 0.2) is 0 Å². The van der Waals surface area contributed by atoms with E-state index in [0.29, 0.717) is 37.5 Å². The van der Waals surface area contributed by atoms with Crippen LogP contribution in [0.15, 0.2) is 24.3 Å². The fourth-order valence-corrected chi connectivity index (χ4v) is 4.34. The van der Waals surface area contributed by atoms with Crippen molar-refractivity contribution >= 4 is 41.8 Å². The van der Waals surface area contributed by atoms with Crippen molar-refractivity contribution in [3.63, 3.8) is 0 Å². The van der Waals surface area contributed by atoms with Crippen molar-refractivity contribution in [3.8, 4) is 0 Å². The van der Waals surface area contributed by atoms with Gasteiger partial charge < -0.3 is 20.6 Å². The Bertz CT molecular complexity index is 746. The number of amides is 2. The van der Waals surface area contributed by atoms with Gasteiger partial charge in [0, 0.05) is 42.9 Å². The number of carboxylic acid groups (broad SMARTS) is 1. The molecule has 3 N–H and O–H groups in total. The zero-order valence-electron chi connectivity index (χ0n) is 17.5. The molecule has 1 atom stereocenters. The Morgan fingerprint density at radius 3 is 2.26 bits per heavy atom. The van der Waals surface area contributed by atoms with Gasteiger partial charge in [0.05, 0.1) is 5.92 Å². The lowest BCUT2D eigenvalue weighted by atomic mass is 9.92. The molecule has 7 nitrogen and oxygen atoms in total. The predicted molar refractivity (Wildman–Crippen MR) is 122 cm³/mol. The summed E-state index contributed by atoms with van der Waals surface area (Å²) in [6, 6.07) is 7.38. The van der Waals surface area contributed by atoms with E-state index in [-0.39, 0.29) is 48.4 Å². The summed E-state index contributed by atoms with van der Waals surface area (Å²) in [7, 11) is 0. The smallest absolute Gasteiger partial charge is 0.306 e. The van der Waals surface area contributed by atoms with E-state index < -0.39 is 5.97 Å². The Morgan fingerprint density at radius 1 is 1.06 bits per heavy atom. The van der Waals surface area contributed by atoms with Gasteiger partial charge in [0.2, 0.25) is 11.8 Å². The standard InChI is InChI=1S/C22H30ClN3O4.ClH/c23-19-3-1-15(2-4-19)18(14-25-21(28)16-5-9-24-10-6-16)13-20(27)26-11-7-17(8-12-26)22(29)30;/h1-4,16-18,24H,5-14H2,(H,25,28)(H,29,30);1H/t18-;/m0./s1. The summed E-state index contributed by atoms with van der Waals surface area (Å²) in [6.45, 7) is 3.02. The molecule has 31 heavy (non-hydrogen) atoms. The van der Waals surface area contributed by atoms with Gasteiger partial charge in [-0.3, -0.25) is 14.4 Å². The molecule has 0 unspecified atom stereocenters. The molecule has 2 heterocycles. The quantitative estimate of drug-likeness (QED) is 0.567. The van der Waals surface area contributed by atoms with Gasteiger partial charge in [0.1, 0.15) is 0 Å². The third-order valence-electron chi connectivity index (χ3n) is 6.19. The normalized spacial score (nSPS) is 18.7. The van der Waals surface area contributed by atoms with Crippen LogP contribution in [0.4, 0.5) is 0 Å². The summed E-state index contributed by atoms with van der Waals surface area (Å²) in [4.78, 5) is 38.4. The van der Waals surface area contributed by atoms with Gasteiger partial charge in [-0.2, -0.15) is 0 Å². The number of hydrogen-bond acceptors (Lipinski definition) is 4. The van der Waals surface area contributed by atoms with E-state index in [2.05, 4.69) is 10.6 Å². The van der Waals surface area contributed by atoms with Crippen LogP contribution >= 0.6 is 24.0 Å². The number of halogens is 2. The molecule has 2 aliphatic rings. The first-order chi connectivity index (χ1) is 14.4. The fraction of sp³-hybridized carbons (Fsp3) is 0.591. The first kappa shape index (κ1) is 25.4. The number of carbonyl (C=O) groups is 3. The number of likely N-dealkylation sites (tertiary alicyclic amines) is 1. The molecule has 0 radical (unpaired) electrons. The second kappa shape index (κ2) is 12.3. The van der Waals surface area contributed by atoms with Crippen LogP contribution in [0, 0.1) is 11.8 Å². The average molecular weight is 472 g/mol. The molecule has 1 aromatic rings. The molecular formula is C22H31Cl2N3O4. The molecule has 2 aliphatic heterocycles. The third-order valence-corrected chi connectivity index (χ3v) is 6.44. The lowest BCUT2D eigenvalue weighted by Crippen LogP contribution is -2.42. The maximum absolute atomic E-state index is 12.9. The number of carboxylic acids is 1. The van der Waals surface area contributed by atoms with Gasteiger partial charge in [-0.25, -0.2) is 0 Å². The minimum atomic E-state index is -0.790. The number of benzene rings is 1. The predicted octanol–water partition coefficient (Wildman–Crippen LogP) is 2.67. The summed E-state index contributed by atoms with van der Waals surface area (Å²) in [5.41, 5.74) is 0.957. The number of rotatable bonds is 7. The lowest BCUT2D eigenvalue weighted by molar-refractivity contribution is -0.145. The molecule has 172 valence electrons. The number of hydrogen-bond donors (Lipinski definition) is 3. The molecule has 1 aromatic carbocycles. The number of aliphatic carboxylic acids is 1. The number of nitrogens with zero attached hydrogens (tertiary/aromatic N) is 1. The van der Waals surface area contributed by atoms with Crippen LogP contribution in [-0.4, -0.2) is 60.5 Å². The van der Waals surface area contributed by atoms with E-state index in [1.54, 1.807) is 17.0 Å². The highest BCUT2D eigenvalue weighted by molar-refractivity contribution is 6.30. The minimum absolute atomic E-state index is 0. The summed E-state index contributed by atoms with van der Waals surface area (Å²) in [5, 5.41) is 16.1. The number of carbonyl (C=O) groups excluding carboxylic acids is 2. The first-order valence-corrected chi connectivity index (χ1v) is 11.1. The van der Waals surface area contributed by atoms with E-state index in [4.69, 9.17) is 16.7 Å². The van der Waals surface area contributed by atoms with Crippen LogP contribution in [-0.2, 0) is 14.4 Å². The first-order valence-electron chi connectivity index (χ1n) is 10.7. The van der Waals surface area contributed by atoms with Crippen LogP contribution in [0.2, 0.25) is 5.02 Å². The van der Waals surface area contributed by atoms with Crippen molar-refractivity contribution < 1.29 is 19.5 Å². The molecule has 2 fully saturated rings. The molecule has 0 aliphatic carbocycles. The highest BCUT2D eigenvalue weighted by Gasteiger charge is 2.29.